The highest BCUT2D eigenvalue weighted by Crippen LogP contribution is 2.11. The first-order valence-corrected chi connectivity index (χ1v) is 6.58. The molecule has 0 fully saturated rings. The summed E-state index contributed by atoms with van der Waals surface area (Å²) in [6, 6.07) is 9.86. The van der Waals surface area contributed by atoms with Crippen molar-refractivity contribution < 1.29 is 4.79 Å². The van der Waals surface area contributed by atoms with Crippen molar-refractivity contribution in [2.45, 2.75) is 32.0 Å². The summed E-state index contributed by atoms with van der Waals surface area (Å²) in [6.45, 7) is 8.65. The van der Waals surface area contributed by atoms with Gasteiger partial charge in [-0.15, -0.1) is 6.58 Å². The molecule has 3 heteroatoms. The van der Waals surface area contributed by atoms with E-state index in [4.69, 9.17) is 0 Å². The van der Waals surface area contributed by atoms with Crippen molar-refractivity contribution in [3.8, 4) is 0 Å². The Morgan fingerprint density at radius 3 is 2.53 bits per heavy atom. The zero-order valence-corrected chi connectivity index (χ0v) is 12.1. The molecule has 0 amide bonds. The Morgan fingerprint density at radius 1 is 1.37 bits per heavy atom. The largest absolute Gasteiger partial charge is 0.302 e. The Hall–Kier alpha value is -1.45. The number of hydrogen-bond donors (Lipinski definition) is 1. The number of nitrogens with one attached hydrogen (secondary N) is 1. The number of benzene rings is 1. The van der Waals surface area contributed by atoms with Crippen molar-refractivity contribution in [2.24, 2.45) is 0 Å². The Balaban J connectivity index is 2.66. The van der Waals surface area contributed by atoms with Gasteiger partial charge in [0.25, 0.3) is 0 Å². The lowest BCUT2D eigenvalue weighted by molar-refractivity contribution is -0.110. The van der Waals surface area contributed by atoms with Crippen molar-refractivity contribution in [1.29, 1.82) is 0 Å². The van der Waals surface area contributed by atoms with Gasteiger partial charge < -0.3 is 4.79 Å². The predicted molar refractivity (Wildman–Crippen MR) is 80.0 cm³/mol. The molecule has 0 aliphatic heterocycles. The van der Waals surface area contributed by atoms with E-state index in [0.29, 0.717) is 6.42 Å². The van der Waals surface area contributed by atoms with Crippen LogP contribution in [-0.2, 0) is 11.2 Å². The van der Waals surface area contributed by atoms with Gasteiger partial charge in [-0.25, -0.2) is 0 Å². The van der Waals surface area contributed by atoms with Gasteiger partial charge in [-0.1, -0.05) is 36.4 Å². The zero-order valence-electron chi connectivity index (χ0n) is 12.1. The average Bonchev–Trinajstić information content (AvgIpc) is 2.39. The van der Waals surface area contributed by atoms with Crippen LogP contribution in [0, 0.1) is 0 Å². The number of nitrogens with zero attached hydrogens (tertiary/aromatic N) is 1. The lowest BCUT2D eigenvalue weighted by Crippen LogP contribution is -2.57. The fraction of sp³-hybridized carbons (Fsp3) is 0.438. The molecule has 0 bridgehead atoms. The van der Waals surface area contributed by atoms with E-state index < -0.39 is 0 Å². The van der Waals surface area contributed by atoms with Crippen LogP contribution in [0.2, 0.25) is 0 Å². The van der Waals surface area contributed by atoms with E-state index >= 15 is 0 Å². The summed E-state index contributed by atoms with van der Waals surface area (Å²) in [5.74, 6) is 0. The monoisotopic (exact) mass is 260 g/mol. The maximum atomic E-state index is 11.3. The van der Waals surface area contributed by atoms with Crippen LogP contribution in [0.5, 0.6) is 0 Å². The van der Waals surface area contributed by atoms with E-state index in [9.17, 15) is 4.79 Å². The quantitative estimate of drug-likeness (QED) is 0.442. The standard InChI is InChI=1S/C16H24N2O/c1-5-11-18(4)16(2,3)17-15(13-19)12-14-9-7-6-8-10-14/h5-10,13,15,17H,1,11-12H2,2-4H3. The summed E-state index contributed by atoms with van der Waals surface area (Å²) < 4.78 is 0. The first-order chi connectivity index (χ1) is 8.99. The van der Waals surface area contributed by atoms with E-state index in [1.54, 1.807) is 0 Å². The van der Waals surface area contributed by atoms with Crippen molar-refractivity contribution in [2.75, 3.05) is 13.6 Å². The minimum atomic E-state index is -0.255. The Labute approximate surface area is 116 Å². The highest BCUT2D eigenvalue weighted by molar-refractivity contribution is 5.58. The van der Waals surface area contributed by atoms with Gasteiger partial charge in [0.15, 0.2) is 0 Å². The van der Waals surface area contributed by atoms with Gasteiger partial charge in [0, 0.05) is 6.54 Å². The van der Waals surface area contributed by atoms with Gasteiger partial charge in [-0.3, -0.25) is 10.2 Å². The zero-order chi connectivity index (χ0) is 14.3. The minimum Gasteiger partial charge on any atom is -0.302 e. The minimum absolute atomic E-state index is 0.190. The Bertz CT molecular complexity index is 400. The molecule has 1 unspecified atom stereocenters. The summed E-state index contributed by atoms with van der Waals surface area (Å²) in [4.78, 5) is 13.4. The van der Waals surface area contributed by atoms with Crippen molar-refractivity contribution in [1.82, 2.24) is 10.2 Å². The summed E-state index contributed by atoms with van der Waals surface area (Å²) in [7, 11) is 2.01. The van der Waals surface area contributed by atoms with Crippen LogP contribution < -0.4 is 5.32 Å². The van der Waals surface area contributed by atoms with Crippen LogP contribution in [0.1, 0.15) is 19.4 Å². The van der Waals surface area contributed by atoms with Crippen LogP contribution in [0.25, 0.3) is 0 Å². The van der Waals surface area contributed by atoms with Gasteiger partial charge >= 0.3 is 0 Å². The third-order valence-electron chi connectivity index (χ3n) is 3.36. The average molecular weight is 260 g/mol. The van der Waals surface area contributed by atoms with E-state index in [1.807, 2.05) is 43.5 Å². The molecule has 19 heavy (non-hydrogen) atoms. The fourth-order valence-electron chi connectivity index (χ4n) is 1.99. The maximum Gasteiger partial charge on any atom is 0.137 e. The van der Waals surface area contributed by atoms with Crippen molar-refractivity contribution in [3.05, 3.63) is 48.6 Å². The lowest BCUT2D eigenvalue weighted by atomic mass is 10.0. The highest BCUT2D eigenvalue weighted by atomic mass is 16.1. The van der Waals surface area contributed by atoms with Crippen LogP contribution >= 0.6 is 0 Å². The lowest BCUT2D eigenvalue weighted by Gasteiger charge is -2.38. The first kappa shape index (κ1) is 15.6. The fourth-order valence-corrected chi connectivity index (χ4v) is 1.99. The summed E-state index contributed by atoms with van der Waals surface area (Å²) in [5, 5.41) is 3.39. The normalized spacial score (nSPS) is 13.3. The van der Waals surface area contributed by atoms with Gasteiger partial charge in [0.05, 0.1) is 11.7 Å². The number of carbonyl (C=O) groups excluding carboxylic acids is 1. The Morgan fingerprint density at radius 2 is 2.00 bits per heavy atom. The number of rotatable bonds is 8. The number of aldehydes is 1. The van der Waals surface area contributed by atoms with Gasteiger partial charge in [-0.05, 0) is 32.9 Å². The number of likely N-dealkylation sites (N-methyl/N-ethyl adjacent to an activating group) is 1. The molecule has 0 saturated heterocycles. The molecular weight excluding hydrogens is 236 g/mol. The summed E-state index contributed by atoms with van der Waals surface area (Å²) in [5.41, 5.74) is 0.906. The molecule has 0 heterocycles. The molecule has 1 aromatic rings. The molecule has 1 N–H and O–H groups in total. The molecular formula is C16H24N2O. The second kappa shape index (κ2) is 7.22. The van der Waals surface area contributed by atoms with Crippen LogP contribution in [0.15, 0.2) is 43.0 Å². The van der Waals surface area contributed by atoms with Gasteiger partial charge in [0.1, 0.15) is 6.29 Å². The summed E-state index contributed by atoms with van der Waals surface area (Å²) in [6.07, 6.45) is 3.54. The molecule has 0 aliphatic carbocycles. The highest BCUT2D eigenvalue weighted by Gasteiger charge is 2.25. The van der Waals surface area contributed by atoms with Crippen molar-refractivity contribution >= 4 is 6.29 Å². The van der Waals surface area contributed by atoms with E-state index in [0.717, 1.165) is 18.4 Å². The number of hydrogen-bond acceptors (Lipinski definition) is 3. The molecule has 0 radical (unpaired) electrons. The topological polar surface area (TPSA) is 32.3 Å². The van der Waals surface area contributed by atoms with Gasteiger partial charge in [-0.2, -0.15) is 0 Å². The van der Waals surface area contributed by atoms with Crippen molar-refractivity contribution in [3.63, 3.8) is 0 Å². The molecule has 1 atom stereocenters. The molecule has 1 aromatic carbocycles. The third kappa shape index (κ3) is 4.97. The van der Waals surface area contributed by atoms with E-state index in [2.05, 4.69) is 30.6 Å². The van der Waals surface area contributed by atoms with Crippen LogP contribution in [0.4, 0.5) is 0 Å². The first-order valence-electron chi connectivity index (χ1n) is 6.58. The molecule has 0 spiro atoms. The SMILES string of the molecule is C=CCN(C)C(C)(C)NC(C=O)Cc1ccccc1. The Kier molecular flexibility index (Phi) is 5.93. The second-order valence-corrected chi connectivity index (χ2v) is 5.30. The van der Waals surface area contributed by atoms with Crippen LogP contribution in [0.3, 0.4) is 0 Å². The molecule has 0 aromatic heterocycles. The maximum absolute atomic E-state index is 11.3. The molecule has 104 valence electrons. The molecule has 1 rings (SSSR count). The number of carbonyl (C=O) groups is 1. The smallest absolute Gasteiger partial charge is 0.137 e. The molecule has 0 aliphatic rings. The second-order valence-electron chi connectivity index (χ2n) is 5.30. The third-order valence-corrected chi connectivity index (χ3v) is 3.36. The summed E-state index contributed by atoms with van der Waals surface area (Å²) >= 11 is 0. The van der Waals surface area contributed by atoms with E-state index in [1.165, 1.54) is 0 Å². The van der Waals surface area contributed by atoms with E-state index in [-0.39, 0.29) is 11.7 Å². The molecule has 0 saturated carbocycles. The molecule has 3 nitrogen and oxygen atoms in total. The predicted octanol–water partition coefficient (Wildman–Crippen LogP) is 2.24. The van der Waals surface area contributed by atoms with Crippen LogP contribution in [-0.4, -0.2) is 36.5 Å². The van der Waals surface area contributed by atoms with Gasteiger partial charge in [0.2, 0.25) is 0 Å².